The Balaban J connectivity index is 1.36. The molecule has 0 aliphatic carbocycles. The smallest absolute Gasteiger partial charge is 0.161 e. The Labute approximate surface area is 155 Å². The monoisotopic (exact) mass is 351 g/mol. The summed E-state index contributed by atoms with van der Waals surface area (Å²) < 4.78 is 16.9. The Morgan fingerprint density at radius 3 is 2.27 bits per heavy atom. The third-order valence-corrected chi connectivity index (χ3v) is 4.76. The van der Waals surface area contributed by atoms with Crippen molar-refractivity contribution in [2.45, 2.75) is 32.0 Å². The average Bonchev–Trinajstić information content (AvgIpc) is 2.70. The fourth-order valence-electron chi connectivity index (χ4n) is 3.16. The molecule has 2 aromatic carbocycles. The van der Waals surface area contributed by atoms with Crippen molar-refractivity contribution < 1.29 is 14.2 Å². The maximum atomic E-state index is 8.84. The molecule has 3 rings (SSSR count). The van der Waals surface area contributed by atoms with E-state index in [-0.39, 0.29) is 6.29 Å². The van der Waals surface area contributed by atoms with Crippen molar-refractivity contribution in [1.29, 1.82) is 5.26 Å². The van der Waals surface area contributed by atoms with Gasteiger partial charge in [-0.05, 0) is 54.7 Å². The number of hydrogen-bond donors (Lipinski definition) is 0. The molecule has 0 saturated carbocycles. The standard InChI is InChI=1S/C22H25NO3/c1-24-21-11-9-17(10-12-21)3-2-4-20-15-25-22(26-16-20)13-18-5-7-19(14-23)8-6-18/h5-12,20,22H,2-4,13,15-16H2,1H3. The molecule has 1 fully saturated rings. The summed E-state index contributed by atoms with van der Waals surface area (Å²) in [5.41, 5.74) is 3.14. The first kappa shape index (κ1) is 18.4. The molecule has 2 aromatic rings. The van der Waals surface area contributed by atoms with Crippen molar-refractivity contribution in [3.8, 4) is 11.8 Å². The van der Waals surface area contributed by atoms with Crippen LogP contribution in [0.3, 0.4) is 0 Å². The molecule has 0 unspecified atom stereocenters. The first-order valence-corrected chi connectivity index (χ1v) is 9.12. The SMILES string of the molecule is COc1ccc(CCCC2COC(Cc3ccc(C#N)cc3)OC2)cc1. The van der Waals surface area contributed by atoms with Gasteiger partial charge in [-0.15, -0.1) is 0 Å². The van der Waals surface area contributed by atoms with Crippen molar-refractivity contribution in [3.05, 3.63) is 65.2 Å². The fourth-order valence-corrected chi connectivity index (χ4v) is 3.16. The summed E-state index contributed by atoms with van der Waals surface area (Å²) in [6.45, 7) is 1.51. The number of ether oxygens (including phenoxy) is 3. The first-order valence-electron chi connectivity index (χ1n) is 9.12. The normalized spacial score (nSPS) is 19.7. The van der Waals surface area contributed by atoms with Crippen LogP contribution in [0.5, 0.6) is 5.75 Å². The molecule has 1 heterocycles. The minimum absolute atomic E-state index is 0.180. The summed E-state index contributed by atoms with van der Waals surface area (Å²) in [4.78, 5) is 0. The molecule has 0 aromatic heterocycles. The van der Waals surface area contributed by atoms with Crippen molar-refractivity contribution in [1.82, 2.24) is 0 Å². The van der Waals surface area contributed by atoms with Crippen LogP contribution in [-0.4, -0.2) is 26.6 Å². The van der Waals surface area contributed by atoms with Gasteiger partial charge in [0, 0.05) is 12.3 Å². The van der Waals surface area contributed by atoms with E-state index >= 15 is 0 Å². The highest BCUT2D eigenvalue weighted by molar-refractivity contribution is 5.31. The van der Waals surface area contributed by atoms with E-state index < -0.39 is 0 Å². The second kappa shape index (κ2) is 9.38. The third kappa shape index (κ3) is 5.32. The van der Waals surface area contributed by atoms with Crippen LogP contribution in [0.1, 0.15) is 29.5 Å². The minimum Gasteiger partial charge on any atom is -0.497 e. The second-order valence-electron chi connectivity index (χ2n) is 6.72. The number of aryl methyl sites for hydroxylation is 1. The van der Waals surface area contributed by atoms with Gasteiger partial charge in [-0.1, -0.05) is 24.3 Å². The minimum atomic E-state index is -0.180. The van der Waals surface area contributed by atoms with Gasteiger partial charge in [0.25, 0.3) is 0 Å². The number of nitriles is 1. The molecule has 1 aliphatic rings. The van der Waals surface area contributed by atoms with Crippen LogP contribution in [0, 0.1) is 17.2 Å². The summed E-state index contributed by atoms with van der Waals surface area (Å²) in [5, 5.41) is 8.84. The van der Waals surface area contributed by atoms with E-state index in [0.29, 0.717) is 11.5 Å². The Morgan fingerprint density at radius 1 is 1.00 bits per heavy atom. The summed E-state index contributed by atoms with van der Waals surface area (Å²) in [6, 6.07) is 18.0. The second-order valence-corrected chi connectivity index (χ2v) is 6.72. The van der Waals surface area contributed by atoms with Crippen LogP contribution in [0.2, 0.25) is 0 Å². The first-order chi connectivity index (χ1) is 12.8. The zero-order valence-electron chi connectivity index (χ0n) is 15.2. The van der Waals surface area contributed by atoms with Gasteiger partial charge >= 0.3 is 0 Å². The molecular formula is C22H25NO3. The van der Waals surface area contributed by atoms with Gasteiger partial charge in [0.1, 0.15) is 5.75 Å². The largest absolute Gasteiger partial charge is 0.497 e. The maximum absolute atomic E-state index is 8.84. The Bertz CT molecular complexity index is 711. The Morgan fingerprint density at radius 2 is 1.65 bits per heavy atom. The highest BCUT2D eigenvalue weighted by atomic mass is 16.7. The zero-order chi connectivity index (χ0) is 18.2. The molecule has 0 amide bonds. The molecule has 0 N–H and O–H groups in total. The van der Waals surface area contributed by atoms with Crippen LogP contribution in [0.4, 0.5) is 0 Å². The average molecular weight is 351 g/mol. The molecule has 0 atom stereocenters. The van der Waals surface area contributed by atoms with E-state index in [1.165, 1.54) is 5.56 Å². The number of hydrogen-bond acceptors (Lipinski definition) is 4. The van der Waals surface area contributed by atoms with Crippen LogP contribution >= 0.6 is 0 Å². The lowest BCUT2D eigenvalue weighted by atomic mass is 10.00. The van der Waals surface area contributed by atoms with Crippen LogP contribution in [0.15, 0.2) is 48.5 Å². The van der Waals surface area contributed by atoms with E-state index in [1.54, 1.807) is 7.11 Å². The van der Waals surface area contributed by atoms with Gasteiger partial charge in [-0.2, -0.15) is 5.26 Å². The summed E-state index contributed by atoms with van der Waals surface area (Å²) in [5.74, 6) is 1.36. The Kier molecular flexibility index (Phi) is 6.65. The van der Waals surface area contributed by atoms with Gasteiger partial charge in [0.2, 0.25) is 0 Å². The quantitative estimate of drug-likeness (QED) is 0.753. The van der Waals surface area contributed by atoms with Gasteiger partial charge in [0.05, 0.1) is 32.0 Å². The topological polar surface area (TPSA) is 51.5 Å². The number of rotatable bonds is 7. The summed E-state index contributed by atoms with van der Waals surface area (Å²) in [6.07, 6.45) is 3.85. The van der Waals surface area contributed by atoms with Crippen LogP contribution in [0.25, 0.3) is 0 Å². The van der Waals surface area contributed by atoms with E-state index in [0.717, 1.165) is 50.2 Å². The van der Waals surface area contributed by atoms with Crippen LogP contribution < -0.4 is 4.74 Å². The number of methoxy groups -OCH3 is 1. The van der Waals surface area contributed by atoms with Crippen molar-refractivity contribution in [2.75, 3.05) is 20.3 Å². The third-order valence-electron chi connectivity index (χ3n) is 4.76. The highest BCUT2D eigenvalue weighted by Gasteiger charge is 2.22. The molecule has 1 aliphatic heterocycles. The number of benzene rings is 2. The maximum Gasteiger partial charge on any atom is 0.161 e. The summed E-state index contributed by atoms with van der Waals surface area (Å²) in [7, 11) is 1.69. The number of nitrogens with zero attached hydrogens (tertiary/aromatic N) is 1. The van der Waals surface area contributed by atoms with Crippen molar-refractivity contribution in [3.63, 3.8) is 0 Å². The molecule has 136 valence electrons. The zero-order valence-corrected chi connectivity index (χ0v) is 15.2. The van der Waals surface area contributed by atoms with E-state index in [2.05, 4.69) is 18.2 Å². The molecule has 1 saturated heterocycles. The van der Waals surface area contributed by atoms with Gasteiger partial charge in [0.15, 0.2) is 6.29 Å². The predicted molar refractivity (Wildman–Crippen MR) is 100.0 cm³/mol. The van der Waals surface area contributed by atoms with Crippen molar-refractivity contribution in [2.24, 2.45) is 5.92 Å². The van der Waals surface area contributed by atoms with Crippen LogP contribution in [-0.2, 0) is 22.3 Å². The molecule has 4 heteroatoms. The summed E-state index contributed by atoms with van der Waals surface area (Å²) >= 11 is 0. The van der Waals surface area contributed by atoms with E-state index in [4.69, 9.17) is 19.5 Å². The fraction of sp³-hybridized carbons (Fsp3) is 0.409. The van der Waals surface area contributed by atoms with E-state index in [1.807, 2.05) is 36.4 Å². The van der Waals surface area contributed by atoms with E-state index in [9.17, 15) is 0 Å². The van der Waals surface area contributed by atoms with Gasteiger partial charge < -0.3 is 14.2 Å². The molecule has 4 nitrogen and oxygen atoms in total. The van der Waals surface area contributed by atoms with Gasteiger partial charge in [-0.3, -0.25) is 0 Å². The molecular weight excluding hydrogens is 326 g/mol. The lowest BCUT2D eigenvalue weighted by Gasteiger charge is -2.29. The molecule has 0 radical (unpaired) electrons. The lowest BCUT2D eigenvalue weighted by molar-refractivity contribution is -0.200. The van der Waals surface area contributed by atoms with Gasteiger partial charge in [-0.25, -0.2) is 0 Å². The lowest BCUT2D eigenvalue weighted by Crippen LogP contribution is -2.33. The molecule has 26 heavy (non-hydrogen) atoms. The molecule has 0 spiro atoms. The highest BCUT2D eigenvalue weighted by Crippen LogP contribution is 2.21. The van der Waals surface area contributed by atoms with Crippen molar-refractivity contribution >= 4 is 0 Å². The molecule has 0 bridgehead atoms. The predicted octanol–water partition coefficient (Wildman–Crippen LogP) is 4.12. The Hall–Kier alpha value is -2.35.